The van der Waals surface area contributed by atoms with Crippen molar-refractivity contribution in [2.45, 2.75) is 205 Å². The number of carboxylic acids is 1. The molecule has 10 nitrogen and oxygen atoms in total. The Kier molecular flexibility index (Phi) is 25.2. The molecule has 0 aliphatic carbocycles. The molecule has 4 aromatic heterocycles. The number of benzene rings is 4. The van der Waals surface area contributed by atoms with Crippen LogP contribution < -0.4 is 22.0 Å². The van der Waals surface area contributed by atoms with Crippen molar-refractivity contribution in [3.63, 3.8) is 0 Å². The smallest absolute Gasteiger partial charge is 0.336 e. The summed E-state index contributed by atoms with van der Waals surface area (Å²) in [5.74, 6) is 1.40. The second-order valence-corrected chi connectivity index (χ2v) is 25.1. The van der Waals surface area contributed by atoms with Crippen LogP contribution in [0.4, 0.5) is 23.3 Å². The van der Waals surface area contributed by atoms with Crippen LogP contribution in [0.2, 0.25) is 0 Å². The molecule has 8 aromatic rings. The van der Waals surface area contributed by atoms with Crippen molar-refractivity contribution in [3.05, 3.63) is 216 Å². The minimum absolute atomic E-state index is 0.273. The first-order chi connectivity index (χ1) is 44.7. The average molecular weight is 1220 g/mol. The minimum atomic E-state index is -0.984. The highest BCUT2D eigenvalue weighted by molar-refractivity contribution is 6.13. The van der Waals surface area contributed by atoms with Gasteiger partial charge in [-0.2, -0.15) is 0 Å². The van der Waals surface area contributed by atoms with Crippen molar-refractivity contribution in [2.75, 3.05) is 0 Å². The highest BCUT2D eigenvalue weighted by Crippen LogP contribution is 2.42. The van der Waals surface area contributed by atoms with E-state index in [1.165, 1.54) is 33.4 Å². The average Bonchev–Trinajstić information content (AvgIpc) is 1.62. The lowest BCUT2D eigenvalue weighted by molar-refractivity contribution is 0.0697. The number of aromatic carboxylic acids is 1. The van der Waals surface area contributed by atoms with Crippen LogP contribution in [0, 0.1) is 0 Å². The Morgan fingerprint density at radius 2 is 0.549 bits per heavy atom. The van der Waals surface area contributed by atoms with E-state index in [9.17, 15) is 9.90 Å². The molecule has 476 valence electrons. The summed E-state index contributed by atoms with van der Waals surface area (Å²) in [7, 11) is 0. The molecular weight excluding hydrogens is 1120 g/mol. The standard InChI is InChI=1S/C81H100N8O2/c1-9-17-25-33-41-56-49-64-65(50-57(56)42-34-26-18-10-2)74-82-73(64)83-75-66-51-58(43-35-27-19-11-3)59(44-36-28-20-12-4)52-67(66)77(85-75)87-79-70-55-62(47-39-31-23-15-7)63(48-40-32-24-16-8)72(81(90)91)71(70)80(89-79)88-78-69-54-61(46-38-30-22-14-6)60(45-37-29-21-13-5)53-68(69)76(84-74)86-78/h9-16,49-55H,1-8,17-48H2,(H,90,91)(H4,82,83,84,85,86,87,88,89). The quantitative estimate of drug-likeness (QED) is 0.0192. The zero-order chi connectivity index (χ0) is 63.9. The lowest BCUT2D eigenvalue weighted by atomic mass is 9.89. The Balaban J connectivity index is 1.45. The molecule has 0 atom stereocenters. The van der Waals surface area contributed by atoms with Crippen LogP contribution in [0.3, 0.4) is 0 Å². The van der Waals surface area contributed by atoms with Crippen LogP contribution >= 0.6 is 0 Å². The number of allylic oxidation sites excluding steroid dienone is 8. The third kappa shape index (κ3) is 16.8. The Morgan fingerprint density at radius 3 is 0.846 bits per heavy atom. The molecule has 0 saturated heterocycles. The molecule has 91 heavy (non-hydrogen) atoms. The van der Waals surface area contributed by atoms with Gasteiger partial charge in [0.05, 0.1) is 5.56 Å². The lowest BCUT2D eigenvalue weighted by Gasteiger charge is -2.15. The number of aryl methyl sites for hydroxylation is 7. The summed E-state index contributed by atoms with van der Waals surface area (Å²) in [6.45, 7) is 32.2. The molecule has 1 aliphatic rings. The second-order valence-electron chi connectivity index (χ2n) is 25.1. The molecular formula is C81H100N8O2. The summed E-state index contributed by atoms with van der Waals surface area (Å²) in [6.07, 6.45) is 46.5. The molecule has 1 aliphatic heterocycles. The van der Waals surface area contributed by atoms with Gasteiger partial charge in [-0.1, -0.05) is 48.6 Å². The van der Waals surface area contributed by atoms with Crippen molar-refractivity contribution >= 4 is 72.3 Å². The van der Waals surface area contributed by atoms with Gasteiger partial charge < -0.3 is 25.0 Å². The topological polar surface area (TPSA) is 150 Å². The van der Waals surface area contributed by atoms with Gasteiger partial charge in [-0.15, -0.1) is 52.6 Å². The normalized spacial score (nSPS) is 12.0. The van der Waals surface area contributed by atoms with Gasteiger partial charge in [-0.05, 0) is 292 Å². The molecule has 0 spiro atoms. The van der Waals surface area contributed by atoms with E-state index in [2.05, 4.69) is 115 Å². The Labute approximate surface area is 540 Å². The van der Waals surface area contributed by atoms with Gasteiger partial charge in [0.25, 0.3) is 0 Å². The Hall–Kier alpha value is -8.37. The van der Waals surface area contributed by atoms with E-state index >= 15 is 0 Å². The van der Waals surface area contributed by atoms with Gasteiger partial charge in [0.2, 0.25) is 0 Å². The molecule has 9 rings (SSSR count). The molecule has 0 amide bonds. The van der Waals surface area contributed by atoms with Crippen molar-refractivity contribution < 1.29 is 9.90 Å². The Bertz CT molecular complexity index is 4170. The van der Waals surface area contributed by atoms with Crippen molar-refractivity contribution in [3.8, 4) is 0 Å². The van der Waals surface area contributed by atoms with E-state index in [1.54, 1.807) is 0 Å². The van der Waals surface area contributed by atoms with Crippen LogP contribution in [0.5, 0.6) is 0 Å². The molecule has 5 N–H and O–H groups in total. The summed E-state index contributed by atoms with van der Waals surface area (Å²) < 4.78 is 0. The third-order valence-electron chi connectivity index (χ3n) is 18.4. The first kappa shape index (κ1) is 67.0. The number of aromatic amines is 4. The maximum Gasteiger partial charge on any atom is 0.336 e. The number of carbonyl (C=O) groups is 1. The van der Waals surface area contributed by atoms with Gasteiger partial charge >= 0.3 is 5.97 Å². The lowest BCUT2D eigenvalue weighted by Crippen LogP contribution is -2.10. The third-order valence-corrected chi connectivity index (χ3v) is 18.4. The maximum atomic E-state index is 14.4. The monoisotopic (exact) mass is 1220 g/mol. The number of unbranched alkanes of at least 4 members (excludes halogenated alkanes) is 16. The van der Waals surface area contributed by atoms with E-state index in [1.807, 2.05) is 48.6 Å². The number of aromatic nitrogens is 4. The molecule has 8 bridgehead atoms. The summed E-state index contributed by atoms with van der Waals surface area (Å²) in [6, 6.07) is 16.4. The molecule has 10 heteroatoms. The summed E-state index contributed by atoms with van der Waals surface area (Å²) in [5, 5.41) is 18.8. The zero-order valence-corrected chi connectivity index (χ0v) is 54.6. The predicted octanol–water partition coefficient (Wildman–Crippen LogP) is 20.6. The minimum Gasteiger partial charge on any atom is -0.478 e. The van der Waals surface area contributed by atoms with E-state index in [0.717, 1.165) is 236 Å². The number of nitrogens with one attached hydrogen (secondary N) is 4. The second kappa shape index (κ2) is 34.2. The number of fused-ring (bicyclic) bond motifs is 20. The first-order valence-corrected chi connectivity index (χ1v) is 34.4. The molecule has 0 fully saturated rings. The van der Waals surface area contributed by atoms with Crippen LogP contribution in [-0.4, -0.2) is 31.0 Å². The number of hydrogen-bond acceptors (Lipinski definition) is 5. The fraction of sp³-hybridized carbons (Fsp3) is 0.395. The van der Waals surface area contributed by atoms with Crippen LogP contribution in [0.15, 0.2) is 164 Å². The van der Waals surface area contributed by atoms with Crippen molar-refractivity contribution in [1.82, 2.24) is 19.9 Å². The number of rotatable bonds is 41. The number of H-pyrrole nitrogens is 4. The first-order valence-electron chi connectivity index (χ1n) is 34.4. The molecule has 0 saturated carbocycles. The number of nitrogens with zero attached hydrogens (tertiary/aromatic N) is 4. The largest absolute Gasteiger partial charge is 0.478 e. The summed E-state index contributed by atoms with van der Waals surface area (Å²) >= 11 is 0. The van der Waals surface area contributed by atoms with E-state index in [4.69, 9.17) is 20.0 Å². The SMILES string of the molecule is C=CCCCCc1cc2c3[nH]c(c2cc1CCCCC=C)N=c1[nH]c(c2cc(CCCCC=C)c(CCCCC=C)cc12)=Nc1[nH]c(c2cc(CCCCC=C)c(CCCCC=C)c(C(=O)O)c12)N=c1[nH]c(c2cc(CCCCC=C)c(CCCCC=C)cc12)=N3. The van der Waals surface area contributed by atoms with Crippen LogP contribution in [0.1, 0.15) is 209 Å². The summed E-state index contributed by atoms with van der Waals surface area (Å²) in [4.78, 5) is 52.4. The predicted molar refractivity (Wildman–Crippen MR) is 385 cm³/mol. The Morgan fingerprint density at radius 1 is 0.308 bits per heavy atom. The van der Waals surface area contributed by atoms with Crippen molar-refractivity contribution in [1.29, 1.82) is 0 Å². The van der Waals surface area contributed by atoms with Crippen LogP contribution in [0.25, 0.3) is 43.1 Å². The highest BCUT2D eigenvalue weighted by Gasteiger charge is 2.26. The van der Waals surface area contributed by atoms with Gasteiger partial charge in [0, 0.05) is 43.1 Å². The van der Waals surface area contributed by atoms with E-state index < -0.39 is 5.97 Å². The van der Waals surface area contributed by atoms with Gasteiger partial charge in [-0.25, -0.2) is 24.8 Å². The number of hydrogen-bond donors (Lipinski definition) is 5. The van der Waals surface area contributed by atoms with E-state index in [0.29, 0.717) is 68.8 Å². The van der Waals surface area contributed by atoms with Gasteiger partial charge in [0.1, 0.15) is 45.2 Å². The number of carboxylic acid groups (broad SMARTS) is 1. The molecule has 0 unspecified atom stereocenters. The van der Waals surface area contributed by atoms with E-state index in [-0.39, 0.29) is 5.56 Å². The highest BCUT2D eigenvalue weighted by atomic mass is 16.4. The van der Waals surface area contributed by atoms with Crippen LogP contribution in [-0.2, 0) is 51.4 Å². The van der Waals surface area contributed by atoms with Gasteiger partial charge in [0.15, 0.2) is 0 Å². The molecule has 4 aromatic carbocycles. The van der Waals surface area contributed by atoms with Crippen molar-refractivity contribution in [2.24, 2.45) is 20.0 Å². The van der Waals surface area contributed by atoms with Gasteiger partial charge in [-0.3, -0.25) is 0 Å². The fourth-order valence-corrected chi connectivity index (χ4v) is 13.5. The fourth-order valence-electron chi connectivity index (χ4n) is 13.5. The summed E-state index contributed by atoms with van der Waals surface area (Å²) in [5.41, 5.74) is 12.6. The molecule has 5 heterocycles. The molecule has 0 radical (unpaired) electrons. The zero-order valence-electron chi connectivity index (χ0n) is 54.6. The maximum absolute atomic E-state index is 14.4.